The van der Waals surface area contributed by atoms with Crippen LogP contribution in [0, 0.1) is 11.3 Å². The van der Waals surface area contributed by atoms with Crippen LogP contribution in [0.15, 0.2) is 24.3 Å². The minimum Gasteiger partial charge on any atom is -0.487 e. The molecule has 1 aromatic carbocycles. The minimum absolute atomic E-state index is 0.256. The SMILES string of the molecule is COC(COc1ccccc1C#N)OC. The van der Waals surface area contributed by atoms with Gasteiger partial charge >= 0.3 is 0 Å². The molecule has 15 heavy (non-hydrogen) atoms. The maximum Gasteiger partial charge on any atom is 0.191 e. The molecule has 0 heterocycles. The number of nitrogens with zero attached hydrogens (tertiary/aromatic N) is 1. The van der Waals surface area contributed by atoms with Crippen LogP contribution in [0.3, 0.4) is 0 Å². The molecule has 0 unspecified atom stereocenters. The van der Waals surface area contributed by atoms with Crippen LogP contribution in [0.1, 0.15) is 5.56 Å². The molecule has 80 valence electrons. The van der Waals surface area contributed by atoms with E-state index in [0.29, 0.717) is 11.3 Å². The highest BCUT2D eigenvalue weighted by molar-refractivity contribution is 5.42. The molecule has 0 atom stereocenters. The van der Waals surface area contributed by atoms with Gasteiger partial charge in [0.15, 0.2) is 6.29 Å². The number of nitriles is 1. The van der Waals surface area contributed by atoms with Crippen molar-refractivity contribution in [1.82, 2.24) is 0 Å². The normalized spacial score (nSPS) is 10.0. The predicted molar refractivity (Wildman–Crippen MR) is 54.5 cm³/mol. The summed E-state index contributed by atoms with van der Waals surface area (Å²) in [5.74, 6) is 0.541. The van der Waals surface area contributed by atoms with Crippen LogP contribution in [0.5, 0.6) is 5.75 Å². The van der Waals surface area contributed by atoms with Crippen molar-refractivity contribution in [3.8, 4) is 11.8 Å². The highest BCUT2D eigenvalue weighted by atomic mass is 16.7. The molecule has 0 radical (unpaired) electrons. The van der Waals surface area contributed by atoms with E-state index in [0.717, 1.165) is 0 Å². The average molecular weight is 207 g/mol. The van der Waals surface area contributed by atoms with Crippen molar-refractivity contribution in [2.45, 2.75) is 6.29 Å². The quantitative estimate of drug-likeness (QED) is 0.687. The van der Waals surface area contributed by atoms with Gasteiger partial charge in [-0.2, -0.15) is 5.26 Å². The fourth-order valence-electron chi connectivity index (χ4n) is 1.08. The molecule has 0 aromatic heterocycles. The zero-order valence-electron chi connectivity index (χ0n) is 8.77. The van der Waals surface area contributed by atoms with Gasteiger partial charge in [-0.05, 0) is 12.1 Å². The van der Waals surface area contributed by atoms with E-state index in [1.807, 2.05) is 12.1 Å². The number of benzene rings is 1. The molecule has 0 aliphatic heterocycles. The lowest BCUT2D eigenvalue weighted by atomic mass is 10.2. The molecule has 0 N–H and O–H groups in total. The molecular weight excluding hydrogens is 194 g/mol. The number of methoxy groups -OCH3 is 2. The molecule has 4 nitrogen and oxygen atoms in total. The van der Waals surface area contributed by atoms with E-state index < -0.39 is 6.29 Å². The number of ether oxygens (including phenoxy) is 3. The van der Waals surface area contributed by atoms with Crippen molar-refractivity contribution in [3.63, 3.8) is 0 Å². The summed E-state index contributed by atoms with van der Waals surface area (Å²) in [6, 6.07) is 9.08. The second-order valence-corrected chi connectivity index (χ2v) is 2.82. The van der Waals surface area contributed by atoms with Crippen LogP contribution in [0.25, 0.3) is 0 Å². The first-order chi connectivity index (χ1) is 7.31. The van der Waals surface area contributed by atoms with E-state index in [1.165, 1.54) is 14.2 Å². The van der Waals surface area contributed by atoms with Crippen LogP contribution in [0.2, 0.25) is 0 Å². The van der Waals surface area contributed by atoms with Crippen LogP contribution >= 0.6 is 0 Å². The van der Waals surface area contributed by atoms with Crippen molar-refractivity contribution in [1.29, 1.82) is 5.26 Å². The lowest BCUT2D eigenvalue weighted by Gasteiger charge is -2.14. The van der Waals surface area contributed by atoms with Crippen LogP contribution in [-0.4, -0.2) is 27.1 Å². The van der Waals surface area contributed by atoms with Crippen LogP contribution in [0.4, 0.5) is 0 Å². The third-order valence-electron chi connectivity index (χ3n) is 1.91. The maximum atomic E-state index is 8.81. The van der Waals surface area contributed by atoms with E-state index in [9.17, 15) is 0 Å². The first kappa shape index (κ1) is 11.5. The highest BCUT2D eigenvalue weighted by Gasteiger charge is 2.07. The fraction of sp³-hybridized carbons (Fsp3) is 0.364. The Hall–Kier alpha value is -1.57. The van der Waals surface area contributed by atoms with Crippen molar-refractivity contribution in [3.05, 3.63) is 29.8 Å². The lowest BCUT2D eigenvalue weighted by Crippen LogP contribution is -2.22. The molecule has 0 fully saturated rings. The molecule has 0 spiro atoms. The summed E-state index contributed by atoms with van der Waals surface area (Å²) in [5, 5.41) is 8.81. The van der Waals surface area contributed by atoms with Gasteiger partial charge < -0.3 is 14.2 Å². The third-order valence-corrected chi connectivity index (χ3v) is 1.91. The van der Waals surface area contributed by atoms with E-state index in [-0.39, 0.29) is 6.61 Å². The Bertz CT molecular complexity index is 342. The minimum atomic E-state index is -0.420. The van der Waals surface area contributed by atoms with Gasteiger partial charge in [0, 0.05) is 14.2 Å². The van der Waals surface area contributed by atoms with Crippen molar-refractivity contribution in [2.75, 3.05) is 20.8 Å². The third kappa shape index (κ3) is 3.24. The van der Waals surface area contributed by atoms with E-state index in [1.54, 1.807) is 18.2 Å². The smallest absolute Gasteiger partial charge is 0.191 e. The molecule has 1 rings (SSSR count). The summed E-state index contributed by atoms with van der Waals surface area (Å²) in [7, 11) is 3.07. The summed E-state index contributed by atoms with van der Waals surface area (Å²) in [6.07, 6.45) is -0.420. The Labute approximate surface area is 89.0 Å². The second kappa shape index (κ2) is 6.02. The Morgan fingerprint density at radius 2 is 1.93 bits per heavy atom. The van der Waals surface area contributed by atoms with Crippen LogP contribution < -0.4 is 4.74 Å². The summed E-state index contributed by atoms with van der Waals surface area (Å²) in [5.41, 5.74) is 0.503. The number of rotatable bonds is 5. The molecule has 0 saturated carbocycles. The molecule has 4 heteroatoms. The van der Waals surface area contributed by atoms with Gasteiger partial charge in [0.25, 0.3) is 0 Å². The highest BCUT2D eigenvalue weighted by Crippen LogP contribution is 2.16. The number of hydrogen-bond acceptors (Lipinski definition) is 4. The molecule has 0 bridgehead atoms. The Balaban J connectivity index is 2.61. The van der Waals surface area contributed by atoms with Gasteiger partial charge in [0.05, 0.1) is 5.56 Å². The fourth-order valence-corrected chi connectivity index (χ4v) is 1.08. The second-order valence-electron chi connectivity index (χ2n) is 2.82. The Kier molecular flexibility index (Phi) is 4.61. The van der Waals surface area contributed by atoms with Gasteiger partial charge in [-0.3, -0.25) is 0 Å². The van der Waals surface area contributed by atoms with E-state index >= 15 is 0 Å². The van der Waals surface area contributed by atoms with Crippen LogP contribution in [-0.2, 0) is 9.47 Å². The standard InChI is InChI=1S/C11H13NO3/c1-13-11(14-2)8-15-10-6-4-3-5-9(10)7-12/h3-6,11H,8H2,1-2H3. The molecule has 0 aliphatic rings. The molecule has 0 aliphatic carbocycles. The van der Waals surface area contributed by atoms with Gasteiger partial charge in [-0.15, -0.1) is 0 Å². The maximum absolute atomic E-state index is 8.81. The van der Waals surface area contributed by atoms with E-state index in [4.69, 9.17) is 19.5 Å². The van der Waals surface area contributed by atoms with E-state index in [2.05, 4.69) is 0 Å². The predicted octanol–water partition coefficient (Wildman–Crippen LogP) is 1.56. The average Bonchev–Trinajstić information content (AvgIpc) is 2.31. The zero-order valence-corrected chi connectivity index (χ0v) is 8.77. The summed E-state index contributed by atoms with van der Waals surface area (Å²) in [6.45, 7) is 0.256. The summed E-state index contributed by atoms with van der Waals surface area (Å²) < 4.78 is 15.3. The van der Waals surface area contributed by atoms with Crippen molar-refractivity contribution < 1.29 is 14.2 Å². The first-order valence-electron chi connectivity index (χ1n) is 4.49. The monoisotopic (exact) mass is 207 g/mol. The number of hydrogen-bond donors (Lipinski definition) is 0. The first-order valence-corrected chi connectivity index (χ1v) is 4.49. The lowest BCUT2D eigenvalue weighted by molar-refractivity contribution is -0.122. The molecular formula is C11H13NO3. The van der Waals surface area contributed by atoms with Gasteiger partial charge in [0.1, 0.15) is 18.4 Å². The van der Waals surface area contributed by atoms with Gasteiger partial charge in [0.2, 0.25) is 0 Å². The summed E-state index contributed by atoms with van der Waals surface area (Å²) >= 11 is 0. The van der Waals surface area contributed by atoms with Gasteiger partial charge in [-0.1, -0.05) is 12.1 Å². The van der Waals surface area contributed by atoms with Crippen molar-refractivity contribution >= 4 is 0 Å². The Morgan fingerprint density at radius 3 is 2.53 bits per heavy atom. The molecule has 0 amide bonds. The Morgan fingerprint density at radius 1 is 1.27 bits per heavy atom. The zero-order chi connectivity index (χ0) is 11.1. The topological polar surface area (TPSA) is 51.5 Å². The van der Waals surface area contributed by atoms with Gasteiger partial charge in [-0.25, -0.2) is 0 Å². The molecule has 1 aromatic rings. The molecule has 0 saturated heterocycles. The largest absolute Gasteiger partial charge is 0.487 e. The number of para-hydroxylation sites is 1. The summed E-state index contributed by atoms with van der Waals surface area (Å²) in [4.78, 5) is 0. The van der Waals surface area contributed by atoms with Crippen molar-refractivity contribution in [2.24, 2.45) is 0 Å².